The standard InChI is InChI=1S/C22H34F8O/c1-12-4-6-15(7-5-12)16-8-9-17(18(24)11-16)22(29,30)31-13(2)10-19(25)20(14(3)23)21(26,27)28/h12-20H,4-11H2,1-3H3. The third-order valence-corrected chi connectivity index (χ3v) is 7.15. The maximum Gasteiger partial charge on any atom is 0.397 e. The molecule has 7 atom stereocenters. The third kappa shape index (κ3) is 7.19. The Balaban J connectivity index is 1.91. The molecule has 31 heavy (non-hydrogen) atoms. The van der Waals surface area contributed by atoms with E-state index in [2.05, 4.69) is 11.7 Å². The summed E-state index contributed by atoms with van der Waals surface area (Å²) in [5.41, 5.74) is 0. The number of hydrogen-bond acceptors (Lipinski definition) is 1. The summed E-state index contributed by atoms with van der Waals surface area (Å²) in [6, 6.07) is 0. The fraction of sp³-hybridized carbons (Fsp3) is 1.00. The first-order chi connectivity index (χ1) is 14.2. The van der Waals surface area contributed by atoms with E-state index in [0.29, 0.717) is 25.2 Å². The van der Waals surface area contributed by atoms with Crippen LogP contribution in [0.1, 0.15) is 72.1 Å². The predicted octanol–water partition coefficient (Wildman–Crippen LogP) is 7.83. The molecule has 0 radical (unpaired) electrons. The number of hydrogen-bond donors (Lipinski definition) is 0. The Kier molecular flexibility index (Phi) is 9.07. The Hall–Kier alpha value is -0.600. The molecule has 2 fully saturated rings. The number of alkyl halides is 8. The highest BCUT2D eigenvalue weighted by atomic mass is 19.4. The zero-order chi connectivity index (χ0) is 23.6. The Labute approximate surface area is 179 Å². The molecule has 0 heterocycles. The Morgan fingerprint density at radius 3 is 1.90 bits per heavy atom. The fourth-order valence-corrected chi connectivity index (χ4v) is 5.33. The van der Waals surface area contributed by atoms with Gasteiger partial charge in [0.25, 0.3) is 0 Å². The van der Waals surface area contributed by atoms with E-state index < -0.39 is 55.2 Å². The van der Waals surface area contributed by atoms with Gasteiger partial charge in [-0.1, -0.05) is 19.8 Å². The van der Waals surface area contributed by atoms with Gasteiger partial charge in [-0.2, -0.15) is 22.0 Å². The van der Waals surface area contributed by atoms with Crippen molar-refractivity contribution in [1.29, 1.82) is 0 Å². The van der Waals surface area contributed by atoms with Crippen LogP contribution in [-0.4, -0.2) is 36.9 Å². The quantitative estimate of drug-likeness (QED) is 0.331. The summed E-state index contributed by atoms with van der Waals surface area (Å²) in [5, 5.41) is 0. The highest BCUT2D eigenvalue weighted by molar-refractivity contribution is 4.89. The number of ether oxygens (including phenoxy) is 1. The first kappa shape index (κ1) is 26.7. The van der Waals surface area contributed by atoms with Crippen LogP contribution in [-0.2, 0) is 4.74 Å². The monoisotopic (exact) mass is 466 g/mol. The van der Waals surface area contributed by atoms with Crippen LogP contribution in [0, 0.1) is 29.6 Å². The molecule has 184 valence electrons. The van der Waals surface area contributed by atoms with Crippen LogP contribution in [0.15, 0.2) is 0 Å². The van der Waals surface area contributed by atoms with Crippen molar-refractivity contribution in [3.05, 3.63) is 0 Å². The summed E-state index contributed by atoms with van der Waals surface area (Å²) >= 11 is 0. The van der Waals surface area contributed by atoms with Crippen LogP contribution < -0.4 is 0 Å². The van der Waals surface area contributed by atoms with Gasteiger partial charge in [0.15, 0.2) is 0 Å². The van der Waals surface area contributed by atoms with Crippen molar-refractivity contribution < 1.29 is 39.9 Å². The third-order valence-electron chi connectivity index (χ3n) is 7.15. The van der Waals surface area contributed by atoms with Gasteiger partial charge >= 0.3 is 12.3 Å². The summed E-state index contributed by atoms with van der Waals surface area (Å²) in [6.45, 7) is 3.74. The fourth-order valence-electron chi connectivity index (χ4n) is 5.33. The van der Waals surface area contributed by atoms with Crippen LogP contribution in [0.2, 0.25) is 0 Å². The van der Waals surface area contributed by atoms with Gasteiger partial charge in [-0.3, -0.25) is 0 Å². The van der Waals surface area contributed by atoms with Crippen LogP contribution in [0.4, 0.5) is 35.1 Å². The lowest BCUT2D eigenvalue weighted by atomic mass is 9.68. The van der Waals surface area contributed by atoms with E-state index in [4.69, 9.17) is 0 Å². The van der Waals surface area contributed by atoms with E-state index in [1.807, 2.05) is 0 Å². The molecule has 7 unspecified atom stereocenters. The molecule has 2 aliphatic rings. The molecule has 0 N–H and O–H groups in total. The van der Waals surface area contributed by atoms with Gasteiger partial charge in [0.1, 0.15) is 24.4 Å². The van der Waals surface area contributed by atoms with Crippen LogP contribution in [0.5, 0.6) is 0 Å². The molecule has 0 aromatic carbocycles. The summed E-state index contributed by atoms with van der Waals surface area (Å²) in [5.74, 6) is -3.64. The largest absolute Gasteiger partial charge is 0.397 e. The molecule has 0 saturated heterocycles. The van der Waals surface area contributed by atoms with Crippen molar-refractivity contribution in [3.8, 4) is 0 Å². The lowest BCUT2D eigenvalue weighted by molar-refractivity contribution is -0.308. The summed E-state index contributed by atoms with van der Waals surface area (Å²) in [4.78, 5) is 0. The normalized spacial score (nSPS) is 34.7. The van der Waals surface area contributed by atoms with Crippen molar-refractivity contribution in [2.45, 2.75) is 109 Å². The topological polar surface area (TPSA) is 9.23 Å². The molecular formula is C22H34F8O. The van der Waals surface area contributed by atoms with Crippen LogP contribution in [0.3, 0.4) is 0 Å². The van der Waals surface area contributed by atoms with Crippen molar-refractivity contribution in [2.24, 2.45) is 29.6 Å². The molecule has 2 aliphatic carbocycles. The first-order valence-electron chi connectivity index (χ1n) is 11.3. The predicted molar refractivity (Wildman–Crippen MR) is 102 cm³/mol. The van der Waals surface area contributed by atoms with Crippen molar-refractivity contribution in [3.63, 3.8) is 0 Å². The number of rotatable bonds is 8. The minimum absolute atomic E-state index is 0.0122. The van der Waals surface area contributed by atoms with E-state index in [0.717, 1.165) is 32.6 Å². The second-order valence-electron chi connectivity index (χ2n) is 9.70. The van der Waals surface area contributed by atoms with E-state index in [-0.39, 0.29) is 18.8 Å². The summed E-state index contributed by atoms with van der Waals surface area (Å²) in [7, 11) is 0. The Morgan fingerprint density at radius 1 is 0.871 bits per heavy atom. The van der Waals surface area contributed by atoms with E-state index in [1.54, 1.807) is 0 Å². The van der Waals surface area contributed by atoms with Crippen LogP contribution in [0.25, 0.3) is 0 Å². The van der Waals surface area contributed by atoms with Crippen molar-refractivity contribution in [1.82, 2.24) is 0 Å². The highest BCUT2D eigenvalue weighted by Crippen LogP contribution is 2.47. The molecule has 0 aliphatic heterocycles. The molecule has 2 saturated carbocycles. The molecule has 1 nitrogen and oxygen atoms in total. The average molecular weight is 466 g/mol. The van der Waals surface area contributed by atoms with Gasteiger partial charge in [-0.25, -0.2) is 13.2 Å². The zero-order valence-corrected chi connectivity index (χ0v) is 18.3. The van der Waals surface area contributed by atoms with Crippen molar-refractivity contribution in [2.75, 3.05) is 0 Å². The Bertz CT molecular complexity index is 544. The van der Waals surface area contributed by atoms with Gasteiger partial charge < -0.3 is 4.74 Å². The van der Waals surface area contributed by atoms with Gasteiger partial charge in [-0.05, 0) is 63.7 Å². The first-order valence-corrected chi connectivity index (χ1v) is 11.3. The SMILES string of the molecule is CC1CCC(C2CCC(C(F)(F)OC(C)CC(F)C(C(C)F)C(F)(F)F)C(F)C2)CC1. The van der Waals surface area contributed by atoms with Gasteiger partial charge in [0, 0.05) is 6.42 Å². The smallest absolute Gasteiger partial charge is 0.317 e. The minimum atomic E-state index is -5.14. The summed E-state index contributed by atoms with van der Waals surface area (Å²) in [6.07, 6.45) is -14.4. The minimum Gasteiger partial charge on any atom is -0.317 e. The molecule has 0 amide bonds. The molecule has 0 spiro atoms. The molecule has 0 aromatic heterocycles. The molecular weight excluding hydrogens is 432 g/mol. The number of halogens is 8. The molecule has 2 rings (SSSR count). The van der Waals surface area contributed by atoms with E-state index >= 15 is 0 Å². The van der Waals surface area contributed by atoms with E-state index in [9.17, 15) is 35.1 Å². The highest BCUT2D eigenvalue weighted by Gasteiger charge is 2.52. The Morgan fingerprint density at radius 2 is 1.42 bits per heavy atom. The van der Waals surface area contributed by atoms with Gasteiger partial charge in [-0.15, -0.1) is 0 Å². The van der Waals surface area contributed by atoms with E-state index in [1.165, 1.54) is 0 Å². The van der Waals surface area contributed by atoms with Gasteiger partial charge in [0.2, 0.25) is 0 Å². The van der Waals surface area contributed by atoms with Crippen LogP contribution >= 0.6 is 0 Å². The van der Waals surface area contributed by atoms with Crippen molar-refractivity contribution >= 4 is 0 Å². The molecule has 0 bridgehead atoms. The van der Waals surface area contributed by atoms with Gasteiger partial charge in [0.05, 0.1) is 12.0 Å². The second kappa shape index (κ2) is 10.6. The summed E-state index contributed by atoms with van der Waals surface area (Å²) < 4.78 is 114. The second-order valence-corrected chi connectivity index (χ2v) is 9.70. The maximum absolute atomic E-state index is 14.7. The zero-order valence-electron chi connectivity index (χ0n) is 18.3. The lowest BCUT2D eigenvalue weighted by Gasteiger charge is -2.41. The molecule has 9 heteroatoms. The molecule has 0 aromatic rings. The lowest BCUT2D eigenvalue weighted by Crippen LogP contribution is -2.45. The average Bonchev–Trinajstić information content (AvgIpc) is 2.59. The maximum atomic E-state index is 14.7.